The van der Waals surface area contributed by atoms with E-state index in [-0.39, 0.29) is 23.4 Å². The predicted octanol–water partition coefficient (Wildman–Crippen LogP) is 3.33. The zero-order valence-electron chi connectivity index (χ0n) is 13.4. The van der Waals surface area contributed by atoms with Gasteiger partial charge in [-0.3, -0.25) is 4.79 Å². The Morgan fingerprint density at radius 3 is 2.50 bits per heavy atom. The smallest absolute Gasteiger partial charge is 0.220 e. The zero-order valence-corrected chi connectivity index (χ0v) is 13.4. The fourth-order valence-electron chi connectivity index (χ4n) is 2.24. The Balaban J connectivity index is 2.84. The van der Waals surface area contributed by atoms with Crippen LogP contribution in [-0.2, 0) is 4.79 Å². The van der Waals surface area contributed by atoms with E-state index < -0.39 is 0 Å². The highest BCUT2D eigenvalue weighted by atomic mass is 16.1. The Kier molecular flexibility index (Phi) is 5.75. The van der Waals surface area contributed by atoms with E-state index in [1.165, 1.54) is 5.56 Å². The molecule has 0 saturated carbocycles. The van der Waals surface area contributed by atoms with Crippen LogP contribution in [0.2, 0.25) is 0 Å². The molecule has 0 aliphatic heterocycles. The normalized spacial score (nSPS) is 14.7. The number of rotatable bonds is 5. The third kappa shape index (κ3) is 5.33. The Labute approximate surface area is 122 Å². The molecular weight excluding hydrogens is 248 g/mol. The average molecular weight is 276 g/mol. The monoisotopic (exact) mass is 276 g/mol. The summed E-state index contributed by atoms with van der Waals surface area (Å²) >= 11 is 0. The summed E-state index contributed by atoms with van der Waals surface area (Å²) in [7, 11) is 0. The fraction of sp³-hybridized carbons (Fsp3) is 0.588. The van der Waals surface area contributed by atoms with Crippen molar-refractivity contribution in [2.24, 2.45) is 11.1 Å². The van der Waals surface area contributed by atoms with Crippen LogP contribution in [0.3, 0.4) is 0 Å². The van der Waals surface area contributed by atoms with Crippen LogP contribution in [0.15, 0.2) is 24.3 Å². The van der Waals surface area contributed by atoms with Crippen LogP contribution < -0.4 is 11.1 Å². The lowest BCUT2D eigenvalue weighted by Gasteiger charge is -2.32. The van der Waals surface area contributed by atoms with Gasteiger partial charge in [0.1, 0.15) is 0 Å². The van der Waals surface area contributed by atoms with Gasteiger partial charge in [0.25, 0.3) is 0 Å². The third-order valence-electron chi connectivity index (χ3n) is 3.37. The van der Waals surface area contributed by atoms with E-state index in [2.05, 4.69) is 51.2 Å². The molecule has 0 bridgehead atoms. The molecule has 0 fully saturated rings. The molecule has 1 aromatic carbocycles. The molecule has 0 aliphatic rings. The first kappa shape index (κ1) is 16.7. The molecule has 0 radical (unpaired) electrons. The maximum Gasteiger partial charge on any atom is 0.220 e. The second-order valence-electron chi connectivity index (χ2n) is 6.80. The first-order valence-corrected chi connectivity index (χ1v) is 7.31. The Hall–Kier alpha value is -1.35. The van der Waals surface area contributed by atoms with Crippen LogP contribution in [0.5, 0.6) is 0 Å². The molecule has 2 atom stereocenters. The number of hydrogen-bond donors (Lipinski definition) is 2. The molecule has 0 spiro atoms. The van der Waals surface area contributed by atoms with Gasteiger partial charge in [0.05, 0.1) is 6.04 Å². The topological polar surface area (TPSA) is 55.1 Å². The average Bonchev–Trinajstić information content (AvgIpc) is 2.32. The highest BCUT2D eigenvalue weighted by Crippen LogP contribution is 2.33. The molecule has 1 amide bonds. The first-order chi connectivity index (χ1) is 9.20. The van der Waals surface area contributed by atoms with Gasteiger partial charge in [0, 0.05) is 12.5 Å². The van der Waals surface area contributed by atoms with Crippen molar-refractivity contribution in [3.05, 3.63) is 35.4 Å². The van der Waals surface area contributed by atoms with Crippen molar-refractivity contribution in [2.75, 3.05) is 0 Å². The van der Waals surface area contributed by atoms with Crippen LogP contribution in [0.1, 0.15) is 57.7 Å². The molecular formula is C17H28N2O. The summed E-state index contributed by atoms with van der Waals surface area (Å²) in [4.78, 5) is 12.1. The molecule has 0 saturated heterocycles. The first-order valence-electron chi connectivity index (χ1n) is 7.31. The van der Waals surface area contributed by atoms with Crippen LogP contribution in [0.4, 0.5) is 0 Å². The molecule has 3 N–H and O–H groups in total. The summed E-state index contributed by atoms with van der Waals surface area (Å²) in [5.41, 5.74) is 8.05. The minimum absolute atomic E-state index is 0.0166. The summed E-state index contributed by atoms with van der Waals surface area (Å²) in [6.45, 7) is 10.4. The molecule has 3 nitrogen and oxygen atoms in total. The highest BCUT2D eigenvalue weighted by molar-refractivity contribution is 5.76. The van der Waals surface area contributed by atoms with Crippen molar-refractivity contribution < 1.29 is 4.79 Å². The lowest BCUT2D eigenvalue weighted by Crippen LogP contribution is -2.37. The summed E-state index contributed by atoms with van der Waals surface area (Å²) in [6, 6.07) is 8.41. The maximum absolute atomic E-state index is 12.1. The number of amides is 1. The largest absolute Gasteiger partial charge is 0.349 e. The fourth-order valence-corrected chi connectivity index (χ4v) is 2.24. The second-order valence-corrected chi connectivity index (χ2v) is 6.80. The van der Waals surface area contributed by atoms with Crippen molar-refractivity contribution in [2.45, 2.75) is 59.5 Å². The molecule has 1 rings (SSSR count). The van der Waals surface area contributed by atoms with Crippen LogP contribution >= 0.6 is 0 Å². The van der Waals surface area contributed by atoms with Crippen LogP contribution in [0, 0.1) is 12.3 Å². The van der Waals surface area contributed by atoms with Gasteiger partial charge in [0.15, 0.2) is 0 Å². The van der Waals surface area contributed by atoms with Crippen molar-refractivity contribution in [3.63, 3.8) is 0 Å². The van der Waals surface area contributed by atoms with E-state index in [1.54, 1.807) is 0 Å². The quantitative estimate of drug-likeness (QED) is 0.866. The van der Waals surface area contributed by atoms with Gasteiger partial charge in [-0.2, -0.15) is 0 Å². The number of carbonyl (C=O) groups is 1. The lowest BCUT2D eigenvalue weighted by molar-refractivity contribution is -0.122. The highest BCUT2D eigenvalue weighted by Gasteiger charge is 2.27. The number of carbonyl (C=O) groups excluding carboxylic acids is 1. The number of aryl methyl sites for hydroxylation is 1. The van der Waals surface area contributed by atoms with Gasteiger partial charge >= 0.3 is 0 Å². The van der Waals surface area contributed by atoms with Crippen molar-refractivity contribution in [1.82, 2.24) is 5.32 Å². The molecule has 112 valence electrons. The zero-order chi connectivity index (χ0) is 15.3. The maximum atomic E-state index is 12.1. The Bertz CT molecular complexity index is 447. The van der Waals surface area contributed by atoms with E-state index in [4.69, 9.17) is 5.73 Å². The van der Waals surface area contributed by atoms with Crippen molar-refractivity contribution in [1.29, 1.82) is 0 Å². The Morgan fingerprint density at radius 1 is 1.35 bits per heavy atom. The third-order valence-corrected chi connectivity index (χ3v) is 3.37. The standard InChI is InChI=1S/C17H28N2O/c1-12-7-6-8-14(11-12)16(17(3,4)5)19-15(20)10-9-13(2)18/h6-8,11,13,16H,9-10,18H2,1-5H3,(H,19,20). The number of benzene rings is 1. The second kappa shape index (κ2) is 6.89. The number of nitrogens with two attached hydrogens (primary N) is 1. The summed E-state index contributed by atoms with van der Waals surface area (Å²) in [5.74, 6) is 0.0729. The summed E-state index contributed by atoms with van der Waals surface area (Å²) in [5, 5.41) is 3.16. The summed E-state index contributed by atoms with van der Waals surface area (Å²) < 4.78 is 0. The van der Waals surface area contributed by atoms with E-state index in [9.17, 15) is 4.79 Å². The molecule has 0 aliphatic carbocycles. The van der Waals surface area contributed by atoms with Crippen LogP contribution in [-0.4, -0.2) is 11.9 Å². The molecule has 20 heavy (non-hydrogen) atoms. The van der Waals surface area contributed by atoms with E-state index in [1.807, 2.05) is 13.0 Å². The summed E-state index contributed by atoms with van der Waals surface area (Å²) in [6.07, 6.45) is 1.20. The predicted molar refractivity (Wildman–Crippen MR) is 84.4 cm³/mol. The molecule has 1 aromatic rings. The lowest BCUT2D eigenvalue weighted by atomic mass is 9.82. The van der Waals surface area contributed by atoms with Crippen LogP contribution in [0.25, 0.3) is 0 Å². The van der Waals surface area contributed by atoms with E-state index in [0.29, 0.717) is 6.42 Å². The molecule has 3 heteroatoms. The minimum Gasteiger partial charge on any atom is -0.349 e. The van der Waals surface area contributed by atoms with Gasteiger partial charge < -0.3 is 11.1 Å². The Morgan fingerprint density at radius 2 is 2.00 bits per heavy atom. The minimum atomic E-state index is -0.0300. The molecule has 0 heterocycles. The van der Waals surface area contributed by atoms with Gasteiger partial charge in [-0.05, 0) is 31.2 Å². The van der Waals surface area contributed by atoms with Crippen molar-refractivity contribution in [3.8, 4) is 0 Å². The van der Waals surface area contributed by atoms with Crippen molar-refractivity contribution >= 4 is 5.91 Å². The van der Waals surface area contributed by atoms with E-state index in [0.717, 1.165) is 12.0 Å². The van der Waals surface area contributed by atoms with Gasteiger partial charge in [-0.25, -0.2) is 0 Å². The molecule has 0 aromatic heterocycles. The SMILES string of the molecule is Cc1cccc(C(NC(=O)CCC(C)N)C(C)(C)C)c1. The van der Waals surface area contributed by atoms with E-state index >= 15 is 0 Å². The molecule has 2 unspecified atom stereocenters. The number of hydrogen-bond acceptors (Lipinski definition) is 2. The number of nitrogens with one attached hydrogen (secondary N) is 1. The van der Waals surface area contributed by atoms with Gasteiger partial charge in [-0.15, -0.1) is 0 Å². The van der Waals surface area contributed by atoms with Gasteiger partial charge in [-0.1, -0.05) is 50.6 Å². The van der Waals surface area contributed by atoms with Gasteiger partial charge in [0.2, 0.25) is 5.91 Å².